The van der Waals surface area contributed by atoms with Crippen LogP contribution in [0.4, 0.5) is 0 Å². The lowest BCUT2D eigenvalue weighted by molar-refractivity contribution is -0.146. The summed E-state index contributed by atoms with van der Waals surface area (Å²) in [6, 6.07) is -0.392. The lowest BCUT2D eigenvalue weighted by Gasteiger charge is -2.20. The van der Waals surface area contributed by atoms with Crippen molar-refractivity contribution in [2.24, 2.45) is 11.7 Å². The van der Waals surface area contributed by atoms with E-state index in [2.05, 4.69) is 5.10 Å². The van der Waals surface area contributed by atoms with E-state index in [1.165, 1.54) is 24.1 Å². The summed E-state index contributed by atoms with van der Waals surface area (Å²) in [4.78, 5) is 22.8. The number of rotatable bonds is 6. The molecule has 0 aromatic carbocycles. The molecule has 0 bridgehead atoms. The van der Waals surface area contributed by atoms with Crippen molar-refractivity contribution in [1.29, 1.82) is 0 Å². The molecule has 1 heterocycles. The lowest BCUT2D eigenvalue weighted by atomic mass is 10.0. The highest BCUT2D eigenvalue weighted by atomic mass is 16.5. The molecule has 1 aromatic rings. The van der Waals surface area contributed by atoms with E-state index in [0.717, 1.165) is 0 Å². The van der Waals surface area contributed by atoms with E-state index in [0.29, 0.717) is 6.42 Å². The Morgan fingerprint density at radius 2 is 2.16 bits per heavy atom. The smallest absolute Gasteiger partial charge is 0.330 e. The minimum absolute atomic E-state index is 0.224. The van der Waals surface area contributed by atoms with Crippen LogP contribution in [0.15, 0.2) is 12.3 Å². The summed E-state index contributed by atoms with van der Waals surface area (Å²) in [5.41, 5.74) is 5.86. The summed E-state index contributed by atoms with van der Waals surface area (Å²) < 4.78 is 6.08. The number of ether oxygens (including phenoxy) is 1. The monoisotopic (exact) mass is 269 g/mol. The normalized spacial score (nSPS) is 14.2. The van der Waals surface area contributed by atoms with Gasteiger partial charge in [-0.1, -0.05) is 13.8 Å². The van der Waals surface area contributed by atoms with Crippen LogP contribution in [0.1, 0.15) is 38.0 Å². The Labute approximate surface area is 111 Å². The summed E-state index contributed by atoms with van der Waals surface area (Å²) in [6.45, 7) is 3.91. The van der Waals surface area contributed by atoms with Gasteiger partial charge in [0.05, 0.1) is 12.8 Å². The van der Waals surface area contributed by atoms with Gasteiger partial charge in [-0.3, -0.25) is 9.48 Å². The fourth-order valence-electron chi connectivity index (χ4n) is 1.84. The molecule has 7 nitrogen and oxygen atoms in total. The highest BCUT2D eigenvalue weighted by Crippen LogP contribution is 2.22. The van der Waals surface area contributed by atoms with E-state index >= 15 is 0 Å². The number of carbonyl (C=O) groups is 2. The Morgan fingerprint density at radius 3 is 2.63 bits per heavy atom. The quantitative estimate of drug-likeness (QED) is 0.737. The van der Waals surface area contributed by atoms with E-state index in [1.54, 1.807) is 0 Å². The molecule has 7 heteroatoms. The van der Waals surface area contributed by atoms with Crippen LogP contribution in [0.2, 0.25) is 0 Å². The molecule has 3 N–H and O–H groups in total. The second-order valence-electron chi connectivity index (χ2n) is 4.69. The molecule has 2 atom stereocenters. The van der Waals surface area contributed by atoms with Crippen LogP contribution in [0.25, 0.3) is 0 Å². The number of hydrogen-bond acceptors (Lipinski definition) is 5. The minimum Gasteiger partial charge on any atom is -0.480 e. The molecule has 0 aliphatic heterocycles. The van der Waals surface area contributed by atoms with Crippen LogP contribution >= 0.6 is 0 Å². The van der Waals surface area contributed by atoms with Gasteiger partial charge in [0.25, 0.3) is 0 Å². The molecule has 0 spiro atoms. The number of carboxylic acid groups (broad SMARTS) is 1. The number of nitrogens with zero attached hydrogens (tertiary/aromatic N) is 2. The Balaban J connectivity index is 3.13. The van der Waals surface area contributed by atoms with Crippen molar-refractivity contribution in [3.05, 3.63) is 18.0 Å². The molecule has 0 aliphatic rings. The standard InChI is InChI=1S/C12H19N3O4/c1-7(2)6-9(12(18)19-3)15-8(4-5-14-15)10(13)11(16)17/h4-5,7,9-10H,6,13H2,1-3H3,(H,16,17)/t9-,10+/m0/s1. The SMILES string of the molecule is COC(=O)[C@H](CC(C)C)n1nccc1[C@@H](N)C(=O)O. The van der Waals surface area contributed by atoms with Gasteiger partial charge in [-0.25, -0.2) is 4.79 Å². The zero-order valence-electron chi connectivity index (χ0n) is 11.2. The average molecular weight is 269 g/mol. The second-order valence-corrected chi connectivity index (χ2v) is 4.69. The van der Waals surface area contributed by atoms with Crippen LogP contribution in [0, 0.1) is 5.92 Å². The zero-order valence-corrected chi connectivity index (χ0v) is 11.2. The van der Waals surface area contributed by atoms with Crippen molar-refractivity contribution in [3.63, 3.8) is 0 Å². The van der Waals surface area contributed by atoms with Crippen LogP contribution in [0.5, 0.6) is 0 Å². The maximum absolute atomic E-state index is 11.8. The number of esters is 1. The van der Waals surface area contributed by atoms with Gasteiger partial charge in [0, 0.05) is 6.20 Å². The van der Waals surface area contributed by atoms with Gasteiger partial charge >= 0.3 is 11.9 Å². The summed E-state index contributed by atoms with van der Waals surface area (Å²) >= 11 is 0. The molecule has 0 amide bonds. The Hall–Kier alpha value is -1.89. The molecule has 106 valence electrons. The molecule has 0 fully saturated rings. The number of methoxy groups -OCH3 is 1. The number of nitrogens with two attached hydrogens (primary N) is 1. The van der Waals surface area contributed by atoms with Crippen molar-refractivity contribution in [3.8, 4) is 0 Å². The van der Waals surface area contributed by atoms with Crippen molar-refractivity contribution < 1.29 is 19.4 Å². The van der Waals surface area contributed by atoms with E-state index < -0.39 is 24.0 Å². The third-order valence-electron chi connectivity index (χ3n) is 2.75. The molecule has 1 rings (SSSR count). The average Bonchev–Trinajstić information content (AvgIpc) is 2.82. The molecule has 0 saturated heterocycles. The molecule has 0 saturated carbocycles. The molecular weight excluding hydrogens is 250 g/mol. The van der Waals surface area contributed by atoms with Gasteiger partial charge in [0.15, 0.2) is 0 Å². The Bertz CT molecular complexity index is 456. The first kappa shape index (κ1) is 15.2. The van der Waals surface area contributed by atoms with Crippen LogP contribution < -0.4 is 5.73 Å². The van der Waals surface area contributed by atoms with Gasteiger partial charge in [-0.15, -0.1) is 0 Å². The largest absolute Gasteiger partial charge is 0.480 e. The molecule has 1 aromatic heterocycles. The summed E-state index contributed by atoms with van der Waals surface area (Å²) in [6.07, 6.45) is 1.92. The fourth-order valence-corrected chi connectivity index (χ4v) is 1.84. The fraction of sp³-hybridized carbons (Fsp3) is 0.583. The van der Waals surface area contributed by atoms with E-state index in [9.17, 15) is 9.59 Å². The third kappa shape index (κ3) is 3.54. The Morgan fingerprint density at radius 1 is 1.53 bits per heavy atom. The maximum Gasteiger partial charge on any atom is 0.330 e. The van der Waals surface area contributed by atoms with E-state index in [4.69, 9.17) is 15.6 Å². The van der Waals surface area contributed by atoms with Crippen molar-refractivity contribution in [1.82, 2.24) is 9.78 Å². The van der Waals surface area contributed by atoms with Gasteiger partial charge in [0.1, 0.15) is 12.1 Å². The third-order valence-corrected chi connectivity index (χ3v) is 2.75. The maximum atomic E-state index is 11.8. The van der Waals surface area contributed by atoms with E-state index in [1.807, 2.05) is 13.8 Å². The number of aromatic nitrogens is 2. The number of carboxylic acids is 1. The van der Waals surface area contributed by atoms with Gasteiger partial charge < -0.3 is 15.6 Å². The van der Waals surface area contributed by atoms with Crippen LogP contribution in [-0.4, -0.2) is 33.9 Å². The number of hydrogen-bond donors (Lipinski definition) is 2. The Kier molecular flexibility index (Phi) is 5.05. The van der Waals surface area contributed by atoms with Gasteiger partial charge in [-0.2, -0.15) is 5.10 Å². The van der Waals surface area contributed by atoms with Crippen LogP contribution in [-0.2, 0) is 14.3 Å². The highest BCUT2D eigenvalue weighted by molar-refractivity contribution is 5.76. The molecule has 0 radical (unpaired) electrons. The summed E-state index contributed by atoms with van der Waals surface area (Å²) in [5.74, 6) is -1.41. The summed E-state index contributed by atoms with van der Waals surface area (Å²) in [7, 11) is 1.29. The first-order valence-corrected chi connectivity index (χ1v) is 5.98. The van der Waals surface area contributed by atoms with Gasteiger partial charge in [0.2, 0.25) is 0 Å². The molecule has 0 aliphatic carbocycles. The van der Waals surface area contributed by atoms with Crippen molar-refractivity contribution in [2.45, 2.75) is 32.4 Å². The topological polar surface area (TPSA) is 107 Å². The first-order chi connectivity index (χ1) is 8.88. The molecule has 0 unspecified atom stereocenters. The van der Waals surface area contributed by atoms with Crippen molar-refractivity contribution >= 4 is 11.9 Å². The predicted molar refractivity (Wildman–Crippen MR) is 67.3 cm³/mol. The van der Waals surface area contributed by atoms with Crippen LogP contribution in [0.3, 0.4) is 0 Å². The minimum atomic E-state index is -1.22. The van der Waals surface area contributed by atoms with Crippen molar-refractivity contribution in [2.75, 3.05) is 7.11 Å². The first-order valence-electron chi connectivity index (χ1n) is 5.98. The molecular formula is C12H19N3O4. The lowest BCUT2D eigenvalue weighted by Crippen LogP contribution is -2.30. The zero-order chi connectivity index (χ0) is 14.6. The van der Waals surface area contributed by atoms with Gasteiger partial charge in [-0.05, 0) is 18.4 Å². The van der Waals surface area contributed by atoms with E-state index in [-0.39, 0.29) is 11.6 Å². The predicted octanol–water partition coefficient (Wildman–Crippen LogP) is 0.728. The summed E-state index contributed by atoms with van der Waals surface area (Å²) in [5, 5.41) is 13.0. The highest BCUT2D eigenvalue weighted by Gasteiger charge is 2.28. The number of carbonyl (C=O) groups excluding carboxylic acids is 1. The second kappa shape index (κ2) is 6.33. The number of aliphatic carboxylic acids is 1. The molecule has 19 heavy (non-hydrogen) atoms.